The molecule has 4 aromatic rings. The van der Waals surface area contributed by atoms with Crippen molar-refractivity contribution < 1.29 is 27.5 Å². The smallest absolute Gasteiger partial charge is 0.291 e. The molecule has 1 aliphatic rings. The molecule has 0 unspecified atom stereocenters. The molecule has 0 bridgehead atoms. The number of aromatic nitrogens is 1. The average Bonchev–Trinajstić information content (AvgIpc) is 3.45. The number of anilines is 1. The zero-order valence-corrected chi connectivity index (χ0v) is 21.0. The molecule has 2 amide bonds. The number of nitrogens with zero attached hydrogens (tertiary/aromatic N) is 1. The molecule has 1 saturated carbocycles. The Labute approximate surface area is 215 Å². The van der Waals surface area contributed by atoms with E-state index in [-0.39, 0.29) is 39.4 Å². The fourth-order valence-corrected chi connectivity index (χ4v) is 5.09. The number of carbonyl (C=O) groups is 2. The first-order chi connectivity index (χ1) is 16.8. The first-order valence-electron chi connectivity index (χ1n) is 10.6. The van der Waals surface area contributed by atoms with Crippen molar-refractivity contribution in [3.05, 3.63) is 73.7 Å². The standard InChI is InChI=1S/C24H18F2IN3O4S/c25-21(26)16-9-15(11-1-2-11)18-19(20(22(28)31)35-24(18)29-16)30-23(32)17-8-7-14(34-17)10-33-13-5-3-12(27)4-6-13/h3-9,11,21H,1-2,10H2,(H2,28,31)(H,30,32). The summed E-state index contributed by atoms with van der Waals surface area (Å²) >= 11 is 3.08. The van der Waals surface area contributed by atoms with E-state index in [1.54, 1.807) is 6.07 Å². The Morgan fingerprint density at radius 3 is 2.63 bits per heavy atom. The molecule has 3 heterocycles. The van der Waals surface area contributed by atoms with Crippen LogP contribution in [-0.2, 0) is 6.61 Å². The quantitative estimate of drug-likeness (QED) is 0.230. The van der Waals surface area contributed by atoms with Crippen LogP contribution in [0.5, 0.6) is 5.75 Å². The number of alkyl halides is 2. The lowest BCUT2D eigenvalue weighted by Gasteiger charge is -2.09. The largest absolute Gasteiger partial charge is 0.486 e. The minimum Gasteiger partial charge on any atom is -0.486 e. The van der Waals surface area contributed by atoms with Crippen LogP contribution in [-0.4, -0.2) is 16.8 Å². The molecule has 0 spiro atoms. The Hall–Kier alpha value is -3.06. The number of halogens is 3. The summed E-state index contributed by atoms with van der Waals surface area (Å²) in [4.78, 5) is 29.4. The summed E-state index contributed by atoms with van der Waals surface area (Å²) < 4.78 is 39.2. The number of rotatable bonds is 8. The van der Waals surface area contributed by atoms with Crippen LogP contribution in [0.25, 0.3) is 10.2 Å². The Kier molecular flexibility index (Phi) is 6.45. The highest BCUT2D eigenvalue weighted by Gasteiger charge is 2.32. The topological polar surface area (TPSA) is 107 Å². The van der Waals surface area contributed by atoms with Gasteiger partial charge in [0.2, 0.25) is 0 Å². The van der Waals surface area contributed by atoms with Gasteiger partial charge in [-0.2, -0.15) is 0 Å². The molecule has 11 heteroatoms. The third kappa shape index (κ3) is 5.01. The predicted molar refractivity (Wildman–Crippen MR) is 135 cm³/mol. The molecule has 180 valence electrons. The van der Waals surface area contributed by atoms with Crippen molar-refractivity contribution in [2.24, 2.45) is 5.73 Å². The Balaban J connectivity index is 1.42. The Morgan fingerprint density at radius 2 is 1.97 bits per heavy atom. The average molecular weight is 609 g/mol. The number of nitrogens with one attached hydrogen (secondary N) is 1. The lowest BCUT2D eigenvalue weighted by atomic mass is 10.0. The van der Waals surface area contributed by atoms with Crippen LogP contribution < -0.4 is 15.8 Å². The zero-order chi connectivity index (χ0) is 24.7. The van der Waals surface area contributed by atoms with Crippen LogP contribution in [0.3, 0.4) is 0 Å². The third-order valence-electron chi connectivity index (χ3n) is 5.50. The number of hydrogen-bond donors (Lipinski definition) is 2. The van der Waals surface area contributed by atoms with Gasteiger partial charge in [0.05, 0.1) is 5.69 Å². The molecule has 35 heavy (non-hydrogen) atoms. The minimum atomic E-state index is -2.75. The van der Waals surface area contributed by atoms with Gasteiger partial charge in [-0.1, -0.05) is 0 Å². The number of ether oxygens (including phenoxy) is 1. The van der Waals surface area contributed by atoms with Gasteiger partial charge >= 0.3 is 0 Å². The predicted octanol–water partition coefficient (Wildman–Crippen LogP) is 6.24. The van der Waals surface area contributed by atoms with E-state index in [0.29, 0.717) is 22.5 Å². The maximum atomic E-state index is 13.4. The van der Waals surface area contributed by atoms with Crippen LogP contribution in [0, 0.1) is 3.57 Å². The maximum Gasteiger partial charge on any atom is 0.291 e. The number of furan rings is 1. The van der Waals surface area contributed by atoms with Crippen molar-refractivity contribution in [2.75, 3.05) is 5.32 Å². The second-order valence-electron chi connectivity index (χ2n) is 8.02. The maximum absolute atomic E-state index is 13.4. The van der Waals surface area contributed by atoms with Crippen molar-refractivity contribution in [3.8, 4) is 5.75 Å². The summed E-state index contributed by atoms with van der Waals surface area (Å²) in [5.74, 6) is -0.223. The summed E-state index contributed by atoms with van der Waals surface area (Å²) in [6, 6.07) is 11.9. The molecular weight excluding hydrogens is 591 g/mol. The van der Waals surface area contributed by atoms with E-state index in [1.807, 2.05) is 24.3 Å². The number of pyridine rings is 1. The third-order valence-corrected chi connectivity index (χ3v) is 7.31. The van der Waals surface area contributed by atoms with E-state index < -0.39 is 18.2 Å². The number of primary amides is 1. The van der Waals surface area contributed by atoms with Crippen molar-refractivity contribution in [2.45, 2.75) is 31.8 Å². The lowest BCUT2D eigenvalue weighted by Crippen LogP contribution is -2.16. The zero-order valence-electron chi connectivity index (χ0n) is 18.0. The molecular formula is C24H18F2IN3O4S. The van der Waals surface area contributed by atoms with Crippen LogP contribution >= 0.6 is 33.9 Å². The molecule has 3 N–H and O–H groups in total. The van der Waals surface area contributed by atoms with E-state index in [4.69, 9.17) is 14.9 Å². The lowest BCUT2D eigenvalue weighted by molar-refractivity contribution is 0.0992. The van der Waals surface area contributed by atoms with Gasteiger partial charge in [0, 0.05) is 8.96 Å². The highest BCUT2D eigenvalue weighted by Crippen LogP contribution is 2.48. The van der Waals surface area contributed by atoms with E-state index in [1.165, 1.54) is 12.1 Å². The van der Waals surface area contributed by atoms with Gasteiger partial charge in [-0.15, -0.1) is 11.3 Å². The van der Waals surface area contributed by atoms with Gasteiger partial charge in [-0.3, -0.25) is 9.59 Å². The summed E-state index contributed by atoms with van der Waals surface area (Å²) in [5.41, 5.74) is 5.99. The monoisotopic (exact) mass is 609 g/mol. The molecule has 5 rings (SSSR count). The number of thiophene rings is 1. The van der Waals surface area contributed by atoms with Gasteiger partial charge < -0.3 is 20.2 Å². The van der Waals surface area contributed by atoms with Gasteiger partial charge in [0.15, 0.2) is 5.76 Å². The molecule has 0 aliphatic heterocycles. The molecule has 1 fully saturated rings. The molecule has 1 aromatic carbocycles. The fraction of sp³-hybridized carbons (Fsp3) is 0.208. The molecule has 0 radical (unpaired) electrons. The number of fused-ring (bicyclic) bond motifs is 1. The highest BCUT2D eigenvalue weighted by atomic mass is 127. The molecule has 7 nitrogen and oxygen atoms in total. The van der Waals surface area contributed by atoms with E-state index in [9.17, 15) is 18.4 Å². The minimum absolute atomic E-state index is 0.00566. The normalized spacial score (nSPS) is 13.4. The first-order valence-corrected chi connectivity index (χ1v) is 12.5. The molecule has 0 saturated heterocycles. The van der Waals surface area contributed by atoms with E-state index in [0.717, 1.165) is 27.7 Å². The second-order valence-corrected chi connectivity index (χ2v) is 10.3. The summed E-state index contributed by atoms with van der Waals surface area (Å²) in [6.07, 6.45) is -1.09. The molecule has 0 atom stereocenters. The highest BCUT2D eigenvalue weighted by molar-refractivity contribution is 14.1. The van der Waals surface area contributed by atoms with Crippen LogP contribution in [0.1, 0.15) is 62.4 Å². The van der Waals surface area contributed by atoms with Crippen LogP contribution in [0.15, 0.2) is 46.9 Å². The summed E-state index contributed by atoms with van der Waals surface area (Å²) in [7, 11) is 0. The van der Waals surface area contributed by atoms with Crippen LogP contribution in [0.4, 0.5) is 14.5 Å². The fourth-order valence-electron chi connectivity index (χ4n) is 3.71. The number of carbonyl (C=O) groups excluding carboxylic acids is 2. The van der Waals surface area contributed by atoms with Crippen molar-refractivity contribution in [3.63, 3.8) is 0 Å². The van der Waals surface area contributed by atoms with Crippen molar-refractivity contribution in [1.82, 2.24) is 4.98 Å². The van der Waals surface area contributed by atoms with Gasteiger partial charge in [-0.25, -0.2) is 13.8 Å². The number of benzene rings is 1. The Bertz CT molecular complexity index is 1430. The first kappa shape index (κ1) is 23.7. The number of hydrogen-bond acceptors (Lipinski definition) is 6. The van der Waals surface area contributed by atoms with E-state index in [2.05, 4.69) is 32.9 Å². The van der Waals surface area contributed by atoms with Crippen LogP contribution in [0.2, 0.25) is 0 Å². The van der Waals surface area contributed by atoms with E-state index >= 15 is 0 Å². The van der Waals surface area contributed by atoms with Gasteiger partial charge in [0.1, 0.15) is 33.5 Å². The molecule has 1 aliphatic carbocycles. The summed E-state index contributed by atoms with van der Waals surface area (Å²) in [5, 5.41) is 3.17. The SMILES string of the molecule is NC(=O)c1sc2nc(C(F)F)cc(C3CC3)c2c1NC(=O)c1ccc(COc2ccc(I)cc2)o1. The van der Waals surface area contributed by atoms with Gasteiger partial charge in [-0.05, 0) is 89.4 Å². The summed E-state index contributed by atoms with van der Waals surface area (Å²) in [6.45, 7) is 0.119. The van der Waals surface area contributed by atoms with Crippen molar-refractivity contribution in [1.29, 1.82) is 0 Å². The Morgan fingerprint density at radius 1 is 1.23 bits per heavy atom. The van der Waals surface area contributed by atoms with Gasteiger partial charge in [0.25, 0.3) is 18.2 Å². The number of amides is 2. The molecule has 3 aromatic heterocycles. The second kappa shape index (κ2) is 9.53. The number of nitrogens with two attached hydrogens (primary N) is 1. The van der Waals surface area contributed by atoms with Crippen molar-refractivity contribution >= 4 is 61.6 Å².